The van der Waals surface area contributed by atoms with Gasteiger partial charge in [0, 0.05) is 6.20 Å². The zero-order chi connectivity index (χ0) is 7.40. The molecular weight excluding hydrogens is 130 g/mol. The molecule has 1 aromatic heterocycles. The second-order valence-corrected chi connectivity index (χ2v) is 1.59. The molecule has 10 heavy (non-hydrogen) atoms. The average molecular weight is 135 g/mol. The third-order valence-electron chi connectivity index (χ3n) is 0.969. The van der Waals surface area contributed by atoms with Crippen LogP contribution < -0.4 is 0 Å². The normalized spacial score (nSPS) is 8.30. The van der Waals surface area contributed by atoms with E-state index in [1.807, 2.05) is 0 Å². The van der Waals surface area contributed by atoms with Crippen molar-refractivity contribution in [3.05, 3.63) is 24.0 Å². The molecule has 0 aliphatic heterocycles. The molecule has 50 valence electrons. The minimum Gasteiger partial charge on any atom is -0.368 e. The van der Waals surface area contributed by atoms with Crippen LogP contribution in [0, 0.1) is 12.5 Å². The van der Waals surface area contributed by atoms with Crippen LogP contribution in [0.3, 0.4) is 0 Å². The summed E-state index contributed by atoms with van der Waals surface area (Å²) in [6, 6.07) is 3.27. The van der Waals surface area contributed by atoms with Gasteiger partial charge in [0.1, 0.15) is 11.8 Å². The van der Waals surface area contributed by atoms with E-state index in [-0.39, 0.29) is 0 Å². The number of terminal acetylenes is 1. The van der Waals surface area contributed by atoms with Crippen molar-refractivity contribution in [2.75, 3.05) is 0 Å². The molecule has 1 heterocycles. The topological polar surface area (TPSA) is 42.1 Å². The number of nitrogens with one attached hydrogen (secondary N) is 1. The largest absolute Gasteiger partial charge is 0.368 e. The molecule has 0 aromatic carbocycles. The predicted octanol–water partition coefficient (Wildman–Crippen LogP) is 0.762. The third kappa shape index (κ3) is 1.17. The van der Waals surface area contributed by atoms with Gasteiger partial charge in [0.2, 0.25) is 0 Å². The van der Waals surface area contributed by atoms with E-state index >= 15 is 0 Å². The summed E-state index contributed by atoms with van der Waals surface area (Å²) in [6.45, 7) is 0. The molecule has 0 unspecified atom stereocenters. The summed E-state index contributed by atoms with van der Waals surface area (Å²) >= 11 is 0. The molecule has 0 aliphatic rings. The number of H-pyrrole nitrogens is 1. The fourth-order valence-electron chi connectivity index (χ4n) is 0.566. The Balaban J connectivity index is 2.71. The first kappa shape index (κ1) is 6.43. The number of aromatic amines is 1. The minimum atomic E-state index is -0.535. The number of rotatable bonds is 1. The van der Waals surface area contributed by atoms with Crippen LogP contribution in [0.25, 0.3) is 0 Å². The number of carbonyl (C=O) groups is 1. The van der Waals surface area contributed by atoms with E-state index in [4.69, 9.17) is 6.42 Å². The van der Waals surface area contributed by atoms with E-state index < -0.39 is 5.97 Å². The van der Waals surface area contributed by atoms with Gasteiger partial charge in [0.25, 0.3) is 0 Å². The van der Waals surface area contributed by atoms with Crippen LogP contribution in [0.15, 0.2) is 18.3 Å². The fourth-order valence-corrected chi connectivity index (χ4v) is 0.566. The van der Waals surface area contributed by atoms with Crippen molar-refractivity contribution in [3.8, 4) is 12.5 Å². The van der Waals surface area contributed by atoms with Gasteiger partial charge >= 0.3 is 5.97 Å². The Morgan fingerprint density at radius 3 is 3.10 bits per heavy atom. The molecule has 1 aromatic rings. The summed E-state index contributed by atoms with van der Waals surface area (Å²) in [5.74, 6) is -0.535. The van der Waals surface area contributed by atoms with Crippen molar-refractivity contribution in [1.29, 1.82) is 0 Å². The molecule has 0 spiro atoms. The van der Waals surface area contributed by atoms with Crippen LogP contribution in [0.2, 0.25) is 0 Å². The highest BCUT2D eigenvalue weighted by Crippen LogP contribution is 1.95. The van der Waals surface area contributed by atoms with E-state index in [2.05, 4.69) is 9.72 Å². The van der Waals surface area contributed by atoms with E-state index in [0.29, 0.717) is 5.69 Å². The number of aromatic nitrogens is 1. The van der Waals surface area contributed by atoms with Crippen molar-refractivity contribution >= 4 is 5.97 Å². The second kappa shape index (κ2) is 2.74. The molecule has 0 atom stereocenters. The van der Waals surface area contributed by atoms with Crippen LogP contribution in [0.4, 0.5) is 0 Å². The molecule has 0 saturated carbocycles. The highest BCUT2D eigenvalue weighted by atomic mass is 16.5. The van der Waals surface area contributed by atoms with Gasteiger partial charge in [0.15, 0.2) is 0 Å². The molecule has 3 nitrogen and oxygen atoms in total. The average Bonchev–Trinajstić information content (AvgIpc) is 2.38. The van der Waals surface area contributed by atoms with Gasteiger partial charge in [-0.15, -0.1) is 0 Å². The fraction of sp³-hybridized carbons (Fsp3) is 0. The summed E-state index contributed by atoms with van der Waals surface area (Å²) in [7, 11) is 0. The summed E-state index contributed by atoms with van der Waals surface area (Å²) in [5.41, 5.74) is 0.359. The van der Waals surface area contributed by atoms with Crippen LogP contribution in [0.5, 0.6) is 0 Å². The predicted molar refractivity (Wildman–Crippen MR) is 35.0 cm³/mol. The van der Waals surface area contributed by atoms with Crippen LogP contribution in [-0.4, -0.2) is 11.0 Å². The lowest BCUT2D eigenvalue weighted by Gasteiger charge is -1.89. The van der Waals surface area contributed by atoms with Crippen molar-refractivity contribution in [2.45, 2.75) is 0 Å². The van der Waals surface area contributed by atoms with E-state index in [1.165, 1.54) is 0 Å². The number of hydrogen-bond donors (Lipinski definition) is 1. The first-order valence-corrected chi connectivity index (χ1v) is 2.65. The van der Waals surface area contributed by atoms with Gasteiger partial charge < -0.3 is 9.72 Å². The maximum Gasteiger partial charge on any atom is 0.368 e. The smallest absolute Gasteiger partial charge is 0.368 e. The summed E-state index contributed by atoms with van der Waals surface area (Å²) < 4.78 is 4.24. The molecule has 0 radical (unpaired) electrons. The Morgan fingerprint density at radius 1 is 1.80 bits per heavy atom. The maximum absolute atomic E-state index is 10.7. The van der Waals surface area contributed by atoms with E-state index in [1.54, 1.807) is 24.4 Å². The first-order chi connectivity index (χ1) is 4.84. The number of esters is 1. The Morgan fingerprint density at radius 2 is 2.60 bits per heavy atom. The lowest BCUT2D eigenvalue weighted by molar-refractivity contribution is 0.0685. The highest BCUT2D eigenvalue weighted by Gasteiger charge is 2.04. The van der Waals surface area contributed by atoms with Gasteiger partial charge in [-0.2, -0.15) is 0 Å². The Hall–Kier alpha value is -1.69. The van der Waals surface area contributed by atoms with Gasteiger partial charge in [-0.1, -0.05) is 6.42 Å². The molecule has 0 bridgehead atoms. The quantitative estimate of drug-likeness (QED) is 0.456. The standard InChI is InChI=1S/C7H5NO2/c1-2-10-7(9)6-4-3-5-8-6/h1,3-5,8H. The summed E-state index contributed by atoms with van der Waals surface area (Å²) in [4.78, 5) is 13.4. The van der Waals surface area contributed by atoms with Crippen LogP contribution >= 0.6 is 0 Å². The molecule has 1 N–H and O–H groups in total. The Kier molecular flexibility index (Phi) is 1.76. The van der Waals surface area contributed by atoms with E-state index in [9.17, 15) is 4.79 Å². The number of carbonyl (C=O) groups excluding carboxylic acids is 1. The van der Waals surface area contributed by atoms with E-state index in [0.717, 1.165) is 0 Å². The van der Waals surface area contributed by atoms with Gasteiger partial charge in [-0.25, -0.2) is 4.79 Å². The third-order valence-corrected chi connectivity index (χ3v) is 0.969. The molecule has 0 aliphatic carbocycles. The molecule has 0 amide bonds. The monoisotopic (exact) mass is 135 g/mol. The molecule has 3 heteroatoms. The SMILES string of the molecule is C#COC(=O)c1ccc[nH]1. The van der Waals surface area contributed by atoms with Crippen molar-refractivity contribution in [2.24, 2.45) is 0 Å². The van der Waals surface area contributed by atoms with Crippen molar-refractivity contribution in [3.63, 3.8) is 0 Å². The van der Waals surface area contributed by atoms with Crippen LogP contribution in [0.1, 0.15) is 10.5 Å². The van der Waals surface area contributed by atoms with Gasteiger partial charge in [-0.05, 0) is 12.1 Å². The first-order valence-electron chi connectivity index (χ1n) is 2.65. The molecule has 0 saturated heterocycles. The molecule has 1 rings (SSSR count). The zero-order valence-electron chi connectivity index (χ0n) is 5.13. The summed E-state index contributed by atoms with van der Waals surface area (Å²) in [6.07, 6.45) is 8.13. The zero-order valence-corrected chi connectivity index (χ0v) is 5.13. The Bertz CT molecular complexity index is 256. The van der Waals surface area contributed by atoms with Crippen LogP contribution in [-0.2, 0) is 4.74 Å². The highest BCUT2D eigenvalue weighted by molar-refractivity contribution is 5.87. The number of ether oxygens (including phenoxy) is 1. The minimum absolute atomic E-state index is 0.359. The molecule has 0 fully saturated rings. The van der Waals surface area contributed by atoms with Crippen molar-refractivity contribution in [1.82, 2.24) is 4.98 Å². The lowest BCUT2D eigenvalue weighted by atomic mass is 10.4. The lowest BCUT2D eigenvalue weighted by Crippen LogP contribution is -1.99. The van der Waals surface area contributed by atoms with Crippen molar-refractivity contribution < 1.29 is 9.53 Å². The Labute approximate surface area is 58.0 Å². The molecular formula is C7H5NO2. The number of hydrogen-bond acceptors (Lipinski definition) is 2. The van der Waals surface area contributed by atoms with Gasteiger partial charge in [-0.3, -0.25) is 0 Å². The maximum atomic E-state index is 10.7. The second-order valence-electron chi connectivity index (χ2n) is 1.59. The van der Waals surface area contributed by atoms with Gasteiger partial charge in [0.05, 0.1) is 0 Å². The summed E-state index contributed by atoms with van der Waals surface area (Å²) in [5, 5.41) is 0.